The number of para-hydroxylation sites is 2. The second kappa shape index (κ2) is 5.85. The van der Waals surface area contributed by atoms with Gasteiger partial charge in [-0.15, -0.1) is 0 Å². The molecule has 0 aliphatic rings. The van der Waals surface area contributed by atoms with E-state index in [1.165, 1.54) is 0 Å². The molecule has 0 spiro atoms. The van der Waals surface area contributed by atoms with E-state index >= 15 is 0 Å². The fourth-order valence-electron chi connectivity index (χ4n) is 2.19. The molecule has 0 atom stereocenters. The number of aliphatic hydroxyl groups is 1. The standard InChI is InChI=1S/C16H16N2O3/c17-12-5-3-7-14-16(12)18-15(21-14)10-20-13-6-2-1-4-11(13)8-9-19/h1-7,19H,8-10,17H2. The quantitative estimate of drug-likeness (QED) is 0.704. The molecular weight excluding hydrogens is 268 g/mol. The molecule has 5 nitrogen and oxygen atoms in total. The number of benzene rings is 2. The maximum Gasteiger partial charge on any atom is 0.233 e. The highest BCUT2D eigenvalue weighted by molar-refractivity contribution is 5.85. The van der Waals surface area contributed by atoms with Crippen molar-refractivity contribution < 1.29 is 14.3 Å². The van der Waals surface area contributed by atoms with Crippen LogP contribution in [0.15, 0.2) is 46.9 Å². The van der Waals surface area contributed by atoms with Gasteiger partial charge in [0.05, 0.1) is 5.69 Å². The van der Waals surface area contributed by atoms with Crippen LogP contribution in [0.25, 0.3) is 11.1 Å². The van der Waals surface area contributed by atoms with Crippen LogP contribution in [0.1, 0.15) is 11.5 Å². The highest BCUT2D eigenvalue weighted by Crippen LogP contribution is 2.23. The number of aromatic nitrogens is 1. The van der Waals surface area contributed by atoms with Crippen LogP contribution >= 0.6 is 0 Å². The molecule has 0 amide bonds. The molecule has 3 aromatic rings. The number of hydrogen-bond donors (Lipinski definition) is 2. The molecule has 0 saturated heterocycles. The van der Waals surface area contributed by atoms with Crippen LogP contribution in [0.2, 0.25) is 0 Å². The molecule has 21 heavy (non-hydrogen) atoms. The van der Waals surface area contributed by atoms with Crippen molar-refractivity contribution in [2.75, 3.05) is 12.3 Å². The Labute approximate surface area is 122 Å². The summed E-state index contributed by atoms with van der Waals surface area (Å²) in [4.78, 5) is 4.34. The van der Waals surface area contributed by atoms with Gasteiger partial charge in [0.2, 0.25) is 5.89 Å². The molecule has 0 bridgehead atoms. The fourth-order valence-corrected chi connectivity index (χ4v) is 2.19. The minimum atomic E-state index is 0.0831. The molecule has 0 saturated carbocycles. The summed E-state index contributed by atoms with van der Waals surface area (Å²) in [6, 6.07) is 13.0. The van der Waals surface area contributed by atoms with Gasteiger partial charge in [0, 0.05) is 6.61 Å². The normalized spacial score (nSPS) is 10.9. The van der Waals surface area contributed by atoms with E-state index in [9.17, 15) is 0 Å². The van der Waals surface area contributed by atoms with E-state index in [1.54, 1.807) is 6.07 Å². The molecule has 1 aromatic heterocycles. The Hall–Kier alpha value is -2.53. The van der Waals surface area contributed by atoms with Crippen molar-refractivity contribution in [1.29, 1.82) is 0 Å². The van der Waals surface area contributed by atoms with Gasteiger partial charge in [-0.25, -0.2) is 4.98 Å². The zero-order valence-corrected chi connectivity index (χ0v) is 11.5. The van der Waals surface area contributed by atoms with Gasteiger partial charge in [0.15, 0.2) is 12.2 Å². The summed E-state index contributed by atoms with van der Waals surface area (Å²) in [5.41, 5.74) is 8.69. The average Bonchev–Trinajstić information content (AvgIpc) is 2.91. The number of ether oxygens (including phenoxy) is 1. The Kier molecular flexibility index (Phi) is 3.75. The number of aliphatic hydroxyl groups excluding tert-OH is 1. The lowest BCUT2D eigenvalue weighted by Crippen LogP contribution is -2.00. The van der Waals surface area contributed by atoms with Crippen molar-refractivity contribution in [3.8, 4) is 5.75 Å². The molecule has 0 aliphatic heterocycles. The van der Waals surface area contributed by atoms with Gasteiger partial charge >= 0.3 is 0 Å². The minimum absolute atomic E-state index is 0.0831. The van der Waals surface area contributed by atoms with Gasteiger partial charge in [-0.2, -0.15) is 0 Å². The van der Waals surface area contributed by atoms with Crippen LogP contribution in [0.3, 0.4) is 0 Å². The Morgan fingerprint density at radius 2 is 2.00 bits per heavy atom. The van der Waals surface area contributed by atoms with Crippen molar-refractivity contribution in [2.45, 2.75) is 13.0 Å². The second-order valence-electron chi connectivity index (χ2n) is 4.67. The van der Waals surface area contributed by atoms with Crippen LogP contribution < -0.4 is 10.5 Å². The molecule has 3 N–H and O–H groups in total. The van der Waals surface area contributed by atoms with Gasteiger partial charge in [0.1, 0.15) is 11.3 Å². The second-order valence-corrected chi connectivity index (χ2v) is 4.67. The lowest BCUT2D eigenvalue weighted by atomic mass is 10.1. The van der Waals surface area contributed by atoms with Crippen LogP contribution in [-0.2, 0) is 13.0 Å². The smallest absolute Gasteiger partial charge is 0.233 e. The van der Waals surface area contributed by atoms with Crippen LogP contribution in [0.4, 0.5) is 5.69 Å². The summed E-state index contributed by atoms with van der Waals surface area (Å²) >= 11 is 0. The number of nitrogens with zero attached hydrogens (tertiary/aromatic N) is 1. The van der Waals surface area contributed by atoms with Gasteiger partial charge in [-0.3, -0.25) is 0 Å². The maximum atomic E-state index is 9.05. The Morgan fingerprint density at radius 3 is 2.81 bits per heavy atom. The Morgan fingerprint density at radius 1 is 1.14 bits per heavy atom. The van der Waals surface area contributed by atoms with Crippen molar-refractivity contribution >= 4 is 16.8 Å². The fraction of sp³-hybridized carbons (Fsp3) is 0.188. The van der Waals surface area contributed by atoms with Gasteiger partial charge < -0.3 is 20.0 Å². The summed E-state index contributed by atoms with van der Waals surface area (Å²) in [6.45, 7) is 0.302. The molecular formula is C16H16N2O3. The Balaban J connectivity index is 1.79. The third-order valence-corrected chi connectivity index (χ3v) is 3.20. The maximum absolute atomic E-state index is 9.05. The Bertz CT molecular complexity index is 752. The summed E-state index contributed by atoms with van der Waals surface area (Å²) in [5.74, 6) is 1.20. The molecule has 1 heterocycles. The SMILES string of the molecule is Nc1cccc2oc(COc3ccccc3CCO)nc12. The summed E-state index contributed by atoms with van der Waals surface area (Å²) in [7, 11) is 0. The summed E-state index contributed by atoms with van der Waals surface area (Å²) < 4.78 is 11.3. The zero-order chi connectivity index (χ0) is 14.7. The highest BCUT2D eigenvalue weighted by atomic mass is 16.5. The predicted molar refractivity (Wildman–Crippen MR) is 80.0 cm³/mol. The number of hydrogen-bond acceptors (Lipinski definition) is 5. The van der Waals surface area contributed by atoms with Crippen LogP contribution in [0.5, 0.6) is 5.75 Å². The highest BCUT2D eigenvalue weighted by Gasteiger charge is 2.09. The van der Waals surface area contributed by atoms with Gasteiger partial charge in [-0.1, -0.05) is 24.3 Å². The number of rotatable bonds is 5. The minimum Gasteiger partial charge on any atom is -0.484 e. The number of fused-ring (bicyclic) bond motifs is 1. The van der Waals surface area contributed by atoms with Gasteiger partial charge in [-0.05, 0) is 30.2 Å². The number of nitrogens with two attached hydrogens (primary N) is 1. The van der Waals surface area contributed by atoms with E-state index in [1.807, 2.05) is 36.4 Å². The first-order chi connectivity index (χ1) is 10.3. The average molecular weight is 284 g/mol. The van der Waals surface area contributed by atoms with Gasteiger partial charge in [0.25, 0.3) is 0 Å². The zero-order valence-electron chi connectivity index (χ0n) is 11.5. The molecule has 0 unspecified atom stereocenters. The molecule has 108 valence electrons. The third kappa shape index (κ3) is 2.83. The van der Waals surface area contributed by atoms with E-state index in [0.717, 1.165) is 11.3 Å². The van der Waals surface area contributed by atoms with Crippen LogP contribution in [0, 0.1) is 0 Å². The largest absolute Gasteiger partial charge is 0.484 e. The summed E-state index contributed by atoms with van der Waals surface area (Å²) in [5, 5.41) is 9.05. The first kappa shape index (κ1) is 13.5. The number of nitrogen functional groups attached to an aromatic ring is 1. The lowest BCUT2D eigenvalue weighted by molar-refractivity contribution is 0.259. The summed E-state index contributed by atoms with van der Waals surface area (Å²) in [6.07, 6.45) is 0.552. The lowest BCUT2D eigenvalue weighted by Gasteiger charge is -2.08. The third-order valence-electron chi connectivity index (χ3n) is 3.20. The van der Waals surface area contributed by atoms with Crippen molar-refractivity contribution in [3.63, 3.8) is 0 Å². The van der Waals surface area contributed by atoms with E-state index in [0.29, 0.717) is 29.1 Å². The topological polar surface area (TPSA) is 81.5 Å². The van der Waals surface area contributed by atoms with Crippen LogP contribution in [-0.4, -0.2) is 16.7 Å². The first-order valence-electron chi connectivity index (χ1n) is 6.73. The van der Waals surface area contributed by atoms with E-state index in [4.69, 9.17) is 20.0 Å². The molecule has 5 heteroatoms. The first-order valence-corrected chi connectivity index (χ1v) is 6.73. The molecule has 0 aliphatic carbocycles. The monoisotopic (exact) mass is 284 g/mol. The molecule has 3 rings (SSSR count). The van der Waals surface area contributed by atoms with E-state index in [-0.39, 0.29) is 13.2 Å². The van der Waals surface area contributed by atoms with E-state index < -0.39 is 0 Å². The van der Waals surface area contributed by atoms with Crippen molar-refractivity contribution in [3.05, 3.63) is 53.9 Å². The van der Waals surface area contributed by atoms with Crippen molar-refractivity contribution in [1.82, 2.24) is 4.98 Å². The molecule has 2 aromatic carbocycles. The molecule has 0 fully saturated rings. The molecule has 0 radical (unpaired) electrons. The number of anilines is 1. The van der Waals surface area contributed by atoms with Crippen molar-refractivity contribution in [2.24, 2.45) is 0 Å². The number of oxazole rings is 1. The van der Waals surface area contributed by atoms with E-state index in [2.05, 4.69) is 4.98 Å². The predicted octanol–water partition coefficient (Wildman–Crippen LogP) is 2.52.